The minimum Gasteiger partial charge on any atom is -0.308 e. The van der Waals surface area contributed by atoms with Gasteiger partial charge in [0.2, 0.25) is 0 Å². The van der Waals surface area contributed by atoms with Gasteiger partial charge in [-0.2, -0.15) is 0 Å². The van der Waals surface area contributed by atoms with Crippen LogP contribution < -0.4 is 5.32 Å². The maximum Gasteiger partial charge on any atom is 0.141 e. The van der Waals surface area contributed by atoms with Crippen molar-refractivity contribution in [2.45, 2.75) is 50.6 Å². The van der Waals surface area contributed by atoms with Gasteiger partial charge in [0.25, 0.3) is 0 Å². The van der Waals surface area contributed by atoms with E-state index in [-0.39, 0.29) is 17.4 Å². The van der Waals surface area contributed by atoms with Crippen LogP contribution in [0.25, 0.3) is 0 Å². The van der Waals surface area contributed by atoms with Crippen LogP contribution in [0.15, 0.2) is 18.5 Å². The van der Waals surface area contributed by atoms with E-state index in [1.54, 1.807) is 12.3 Å². The van der Waals surface area contributed by atoms with E-state index in [4.69, 9.17) is 0 Å². The molecule has 1 aromatic rings. The summed E-state index contributed by atoms with van der Waals surface area (Å²) >= 11 is 0. The first kappa shape index (κ1) is 15.4. The largest absolute Gasteiger partial charge is 0.308 e. The average Bonchev–Trinajstić information content (AvgIpc) is 2.45. The van der Waals surface area contributed by atoms with Gasteiger partial charge in [0.1, 0.15) is 5.82 Å². The second-order valence-corrected chi connectivity index (χ2v) is 6.22. The van der Waals surface area contributed by atoms with Crippen molar-refractivity contribution < 1.29 is 4.39 Å². The SMILES string of the molecule is CC(NCC1(N(C)C)CCCCC1)c1cncc(F)c1. The lowest BCUT2D eigenvalue weighted by molar-refractivity contribution is 0.0958. The molecule has 20 heavy (non-hydrogen) atoms. The van der Waals surface area contributed by atoms with Crippen LogP contribution in [0.3, 0.4) is 0 Å². The normalized spacial score (nSPS) is 20.1. The topological polar surface area (TPSA) is 28.2 Å². The number of hydrogen-bond donors (Lipinski definition) is 1. The first-order chi connectivity index (χ1) is 9.53. The van der Waals surface area contributed by atoms with Crippen molar-refractivity contribution in [3.8, 4) is 0 Å². The van der Waals surface area contributed by atoms with Gasteiger partial charge in [-0.15, -0.1) is 0 Å². The Morgan fingerprint density at radius 1 is 1.30 bits per heavy atom. The Bertz CT molecular complexity index is 427. The Morgan fingerprint density at radius 3 is 2.60 bits per heavy atom. The summed E-state index contributed by atoms with van der Waals surface area (Å²) in [7, 11) is 4.34. The van der Waals surface area contributed by atoms with Crippen LogP contribution in [0, 0.1) is 5.82 Å². The molecule has 0 saturated heterocycles. The number of aromatic nitrogens is 1. The van der Waals surface area contributed by atoms with Crippen molar-refractivity contribution in [3.05, 3.63) is 29.8 Å². The Hall–Kier alpha value is -1.00. The van der Waals surface area contributed by atoms with E-state index < -0.39 is 0 Å². The predicted octanol–water partition coefficient (Wildman–Crippen LogP) is 3.14. The Kier molecular flexibility index (Phi) is 5.11. The van der Waals surface area contributed by atoms with Gasteiger partial charge in [0.05, 0.1) is 6.20 Å². The van der Waals surface area contributed by atoms with Crippen molar-refractivity contribution in [3.63, 3.8) is 0 Å². The summed E-state index contributed by atoms with van der Waals surface area (Å²) in [6, 6.07) is 1.69. The molecule has 1 heterocycles. The Balaban J connectivity index is 1.98. The van der Waals surface area contributed by atoms with E-state index in [2.05, 4.69) is 36.2 Å². The Morgan fingerprint density at radius 2 is 2.00 bits per heavy atom. The van der Waals surface area contributed by atoms with Crippen LogP contribution in [0.2, 0.25) is 0 Å². The van der Waals surface area contributed by atoms with Crippen LogP contribution in [0.1, 0.15) is 50.6 Å². The first-order valence-corrected chi connectivity index (χ1v) is 7.55. The number of nitrogens with zero attached hydrogens (tertiary/aromatic N) is 2. The van der Waals surface area contributed by atoms with Crippen LogP contribution in [0.5, 0.6) is 0 Å². The zero-order valence-corrected chi connectivity index (χ0v) is 12.8. The molecule has 1 atom stereocenters. The molecule has 0 aliphatic heterocycles. The molecular formula is C16H26FN3. The van der Waals surface area contributed by atoms with E-state index in [0.29, 0.717) is 0 Å². The summed E-state index contributed by atoms with van der Waals surface area (Å²) in [5.41, 5.74) is 1.16. The molecule has 1 unspecified atom stereocenters. The van der Waals surface area contributed by atoms with E-state index in [9.17, 15) is 4.39 Å². The zero-order chi connectivity index (χ0) is 14.6. The van der Waals surface area contributed by atoms with Crippen LogP contribution in [-0.2, 0) is 0 Å². The third-order valence-electron chi connectivity index (χ3n) is 4.70. The fourth-order valence-corrected chi connectivity index (χ4v) is 3.12. The van der Waals surface area contributed by atoms with Gasteiger partial charge in [0.15, 0.2) is 0 Å². The fraction of sp³-hybridized carbons (Fsp3) is 0.688. The number of likely N-dealkylation sites (N-methyl/N-ethyl adjacent to an activating group) is 1. The average molecular weight is 279 g/mol. The fourth-order valence-electron chi connectivity index (χ4n) is 3.12. The molecule has 1 aliphatic rings. The van der Waals surface area contributed by atoms with E-state index >= 15 is 0 Å². The summed E-state index contributed by atoms with van der Waals surface area (Å²) in [6.45, 7) is 3.01. The van der Waals surface area contributed by atoms with Crippen molar-refractivity contribution in [1.82, 2.24) is 15.2 Å². The molecule has 4 heteroatoms. The van der Waals surface area contributed by atoms with Gasteiger partial charge in [-0.05, 0) is 45.5 Å². The lowest BCUT2D eigenvalue weighted by Crippen LogP contribution is -2.53. The smallest absolute Gasteiger partial charge is 0.141 e. The van der Waals surface area contributed by atoms with Crippen molar-refractivity contribution in [1.29, 1.82) is 0 Å². The molecule has 0 aromatic carbocycles. The van der Waals surface area contributed by atoms with Crippen LogP contribution >= 0.6 is 0 Å². The van der Waals surface area contributed by atoms with E-state index in [1.165, 1.54) is 38.3 Å². The molecule has 2 rings (SSSR count). The molecule has 1 aliphatic carbocycles. The standard InChI is InChI=1S/C16H26FN3/c1-13(14-9-15(17)11-18-10-14)19-12-16(20(2)3)7-5-4-6-8-16/h9-11,13,19H,4-8,12H2,1-3H3. The second kappa shape index (κ2) is 6.64. The van der Waals surface area contributed by atoms with Crippen molar-refractivity contribution >= 4 is 0 Å². The highest BCUT2D eigenvalue weighted by Crippen LogP contribution is 2.32. The highest BCUT2D eigenvalue weighted by Gasteiger charge is 2.34. The first-order valence-electron chi connectivity index (χ1n) is 7.55. The molecule has 3 nitrogen and oxygen atoms in total. The van der Waals surface area contributed by atoms with Crippen LogP contribution in [-0.4, -0.2) is 36.1 Å². The molecule has 1 saturated carbocycles. The quantitative estimate of drug-likeness (QED) is 0.897. The minimum atomic E-state index is -0.267. The van der Waals surface area contributed by atoms with Gasteiger partial charge in [0, 0.05) is 24.3 Å². The summed E-state index contributed by atoms with van der Waals surface area (Å²) in [4.78, 5) is 6.28. The predicted molar refractivity (Wildman–Crippen MR) is 80.1 cm³/mol. The third kappa shape index (κ3) is 3.55. The molecule has 0 amide bonds. The van der Waals surface area contributed by atoms with E-state index in [1.807, 2.05) is 0 Å². The molecular weight excluding hydrogens is 253 g/mol. The highest BCUT2D eigenvalue weighted by atomic mass is 19.1. The number of rotatable bonds is 5. The molecule has 0 spiro atoms. The van der Waals surface area contributed by atoms with Gasteiger partial charge in [-0.1, -0.05) is 19.3 Å². The molecule has 0 bridgehead atoms. The second-order valence-electron chi connectivity index (χ2n) is 6.22. The molecule has 112 valence electrons. The van der Waals surface area contributed by atoms with Gasteiger partial charge in [-0.3, -0.25) is 4.98 Å². The maximum atomic E-state index is 13.2. The van der Waals surface area contributed by atoms with Crippen molar-refractivity contribution in [2.24, 2.45) is 0 Å². The number of nitrogens with one attached hydrogen (secondary N) is 1. The summed E-state index contributed by atoms with van der Waals surface area (Å²) in [5.74, 6) is -0.267. The van der Waals surface area contributed by atoms with Gasteiger partial charge in [-0.25, -0.2) is 4.39 Å². The zero-order valence-electron chi connectivity index (χ0n) is 12.8. The minimum absolute atomic E-state index is 0.122. The molecule has 1 N–H and O–H groups in total. The summed E-state index contributed by atoms with van der Waals surface area (Å²) < 4.78 is 13.2. The number of hydrogen-bond acceptors (Lipinski definition) is 3. The Labute approximate surface area is 121 Å². The number of pyridine rings is 1. The van der Waals surface area contributed by atoms with E-state index in [0.717, 1.165) is 12.1 Å². The number of halogens is 1. The lowest BCUT2D eigenvalue weighted by Gasteiger charge is -2.44. The van der Waals surface area contributed by atoms with Crippen LogP contribution in [0.4, 0.5) is 4.39 Å². The van der Waals surface area contributed by atoms with Gasteiger partial charge >= 0.3 is 0 Å². The highest BCUT2D eigenvalue weighted by molar-refractivity contribution is 5.14. The lowest BCUT2D eigenvalue weighted by atomic mass is 9.80. The van der Waals surface area contributed by atoms with Gasteiger partial charge < -0.3 is 10.2 Å². The molecule has 0 radical (unpaired) electrons. The molecule has 1 aromatic heterocycles. The molecule has 1 fully saturated rings. The summed E-state index contributed by atoms with van der Waals surface area (Å²) in [5, 5.41) is 3.57. The third-order valence-corrected chi connectivity index (χ3v) is 4.70. The monoisotopic (exact) mass is 279 g/mol. The maximum absolute atomic E-state index is 13.2. The summed E-state index contributed by atoms with van der Waals surface area (Å²) in [6.07, 6.45) is 9.41. The van der Waals surface area contributed by atoms with Crippen molar-refractivity contribution in [2.75, 3.05) is 20.6 Å².